The number of esters is 1. The molecule has 2 aromatic rings. The molecule has 4 nitrogen and oxygen atoms in total. The molecule has 6 heteroatoms. The van der Waals surface area contributed by atoms with Gasteiger partial charge >= 0.3 is 5.97 Å². The van der Waals surface area contributed by atoms with Crippen molar-refractivity contribution in [3.8, 4) is 0 Å². The van der Waals surface area contributed by atoms with Crippen molar-refractivity contribution in [2.45, 2.75) is 6.92 Å². The number of halogens is 2. The molecule has 0 aliphatic rings. The summed E-state index contributed by atoms with van der Waals surface area (Å²) >= 11 is 1.86. The van der Waals surface area contributed by atoms with E-state index in [4.69, 9.17) is 4.74 Å². The molecule has 0 atom stereocenters. The molecule has 0 saturated heterocycles. The molecule has 1 aromatic heterocycles. The third-order valence-corrected chi connectivity index (χ3v) is 3.24. The normalized spacial score (nSPS) is 10.6. The largest absolute Gasteiger partial charge is 0.462 e. The molecule has 0 spiro atoms. The first-order chi connectivity index (χ1) is 8.54. The van der Waals surface area contributed by atoms with Crippen molar-refractivity contribution in [3.05, 3.63) is 43.5 Å². The number of hydrogen-bond donors (Lipinski definition) is 1. The third kappa shape index (κ3) is 2.24. The van der Waals surface area contributed by atoms with E-state index >= 15 is 0 Å². The van der Waals surface area contributed by atoms with E-state index < -0.39 is 17.2 Å². The summed E-state index contributed by atoms with van der Waals surface area (Å²) in [6, 6.07) is 2.46. The van der Waals surface area contributed by atoms with E-state index in [-0.39, 0.29) is 12.2 Å². The molecule has 1 N–H and O–H groups in total. The van der Waals surface area contributed by atoms with Crippen LogP contribution in [0.3, 0.4) is 0 Å². The zero-order chi connectivity index (χ0) is 13.3. The number of fused-ring (bicyclic) bond motifs is 1. The average Bonchev–Trinajstić information content (AvgIpc) is 2.28. The second-order valence-electron chi connectivity index (χ2n) is 3.56. The topological polar surface area (TPSA) is 59.2 Å². The Morgan fingerprint density at radius 3 is 2.89 bits per heavy atom. The summed E-state index contributed by atoms with van der Waals surface area (Å²) in [6.07, 6.45) is 1.25. The molecule has 0 unspecified atom stereocenters. The first kappa shape index (κ1) is 13.0. The Hall–Kier alpha value is -1.44. The second kappa shape index (κ2) is 5.05. The lowest BCUT2D eigenvalue weighted by atomic mass is 10.1. The molecule has 2 rings (SSSR count). The molecule has 0 bridgehead atoms. The number of carbonyl (C=O) groups is 1. The van der Waals surface area contributed by atoms with Gasteiger partial charge in [-0.3, -0.25) is 4.79 Å². The van der Waals surface area contributed by atoms with Gasteiger partial charge in [-0.15, -0.1) is 0 Å². The summed E-state index contributed by atoms with van der Waals surface area (Å²) in [5, 5.41) is 0.294. The van der Waals surface area contributed by atoms with Crippen molar-refractivity contribution >= 4 is 39.5 Å². The number of aromatic amines is 1. The number of benzene rings is 1. The van der Waals surface area contributed by atoms with Crippen LogP contribution in [0.4, 0.5) is 4.39 Å². The Balaban J connectivity index is 2.72. The van der Waals surface area contributed by atoms with E-state index in [2.05, 4.69) is 4.98 Å². The lowest BCUT2D eigenvalue weighted by Crippen LogP contribution is -2.18. The number of rotatable bonds is 2. The van der Waals surface area contributed by atoms with Gasteiger partial charge in [0, 0.05) is 9.77 Å². The van der Waals surface area contributed by atoms with Gasteiger partial charge in [0.25, 0.3) is 0 Å². The van der Waals surface area contributed by atoms with Gasteiger partial charge in [0.05, 0.1) is 17.5 Å². The molecule has 1 aromatic carbocycles. The van der Waals surface area contributed by atoms with Crippen LogP contribution in [0.5, 0.6) is 0 Å². The highest BCUT2D eigenvalue weighted by Gasteiger charge is 2.16. The lowest BCUT2D eigenvalue weighted by Gasteiger charge is -2.05. The van der Waals surface area contributed by atoms with Crippen LogP contribution in [-0.2, 0) is 4.74 Å². The maximum atomic E-state index is 13.2. The quantitative estimate of drug-likeness (QED) is 0.661. The minimum absolute atomic E-state index is 0.0751. The Morgan fingerprint density at radius 1 is 1.50 bits per heavy atom. The first-order valence-electron chi connectivity index (χ1n) is 5.22. The van der Waals surface area contributed by atoms with E-state index in [0.717, 1.165) is 0 Å². The number of ether oxygens (including phenoxy) is 1. The molecule has 0 aliphatic heterocycles. The van der Waals surface area contributed by atoms with Crippen molar-refractivity contribution in [3.63, 3.8) is 0 Å². The number of aromatic nitrogens is 1. The smallest absolute Gasteiger partial charge is 0.343 e. The van der Waals surface area contributed by atoms with Crippen LogP contribution in [0, 0.1) is 9.39 Å². The molecule has 1 heterocycles. The van der Waals surface area contributed by atoms with Crippen LogP contribution in [-0.4, -0.2) is 17.6 Å². The van der Waals surface area contributed by atoms with Crippen LogP contribution in [0.15, 0.2) is 23.1 Å². The summed E-state index contributed by atoms with van der Waals surface area (Å²) < 4.78 is 18.4. The van der Waals surface area contributed by atoms with Crippen molar-refractivity contribution in [2.75, 3.05) is 6.61 Å². The Morgan fingerprint density at radius 2 is 2.22 bits per heavy atom. The van der Waals surface area contributed by atoms with Crippen LogP contribution < -0.4 is 5.43 Å². The van der Waals surface area contributed by atoms with Crippen LogP contribution in [0.1, 0.15) is 17.3 Å². The van der Waals surface area contributed by atoms with Crippen LogP contribution >= 0.6 is 22.6 Å². The lowest BCUT2D eigenvalue weighted by molar-refractivity contribution is 0.0524. The van der Waals surface area contributed by atoms with Gasteiger partial charge in [0.15, 0.2) is 0 Å². The summed E-state index contributed by atoms with van der Waals surface area (Å²) in [5.74, 6) is -1.12. The standard InChI is InChI=1S/C12H9FINO3/c1-2-18-12(17)7-5-15-9-4-6(13)3-8(14)10(9)11(7)16/h3-5H,2H2,1H3,(H,15,16). The van der Waals surface area contributed by atoms with Gasteiger partial charge in [-0.05, 0) is 41.6 Å². The highest BCUT2D eigenvalue weighted by Crippen LogP contribution is 2.18. The van der Waals surface area contributed by atoms with E-state index in [9.17, 15) is 14.0 Å². The zero-order valence-electron chi connectivity index (χ0n) is 9.42. The summed E-state index contributed by atoms with van der Waals surface area (Å²) in [4.78, 5) is 26.4. The van der Waals surface area contributed by atoms with Gasteiger partial charge in [-0.25, -0.2) is 9.18 Å². The third-order valence-electron chi connectivity index (χ3n) is 2.39. The van der Waals surface area contributed by atoms with Gasteiger partial charge in [0.2, 0.25) is 5.43 Å². The zero-order valence-corrected chi connectivity index (χ0v) is 11.6. The number of pyridine rings is 1. The van der Waals surface area contributed by atoms with Gasteiger partial charge < -0.3 is 9.72 Å². The monoisotopic (exact) mass is 361 g/mol. The molecule has 94 valence electrons. The Kier molecular flexibility index (Phi) is 3.65. The van der Waals surface area contributed by atoms with Crippen molar-refractivity contribution in [1.29, 1.82) is 0 Å². The average molecular weight is 361 g/mol. The Bertz CT molecular complexity index is 681. The number of carbonyl (C=O) groups excluding carboxylic acids is 1. The molecular weight excluding hydrogens is 352 g/mol. The molecule has 18 heavy (non-hydrogen) atoms. The summed E-state index contributed by atoms with van der Waals surface area (Å²) in [7, 11) is 0. The first-order valence-corrected chi connectivity index (χ1v) is 6.30. The second-order valence-corrected chi connectivity index (χ2v) is 4.72. The number of nitrogens with one attached hydrogen (secondary N) is 1. The van der Waals surface area contributed by atoms with E-state index in [1.807, 2.05) is 22.6 Å². The predicted molar refractivity (Wildman–Crippen MR) is 73.2 cm³/mol. The fourth-order valence-corrected chi connectivity index (χ4v) is 2.46. The summed E-state index contributed by atoms with van der Waals surface area (Å²) in [5.41, 5.74) is -0.169. The number of hydrogen-bond acceptors (Lipinski definition) is 3. The minimum atomic E-state index is -0.680. The van der Waals surface area contributed by atoms with E-state index in [1.54, 1.807) is 6.92 Å². The Labute approximate surface area is 115 Å². The SMILES string of the molecule is CCOC(=O)c1c[nH]c2cc(F)cc(I)c2c1=O. The van der Waals surface area contributed by atoms with Crippen LogP contribution in [0.2, 0.25) is 0 Å². The van der Waals surface area contributed by atoms with Gasteiger partial charge in [0.1, 0.15) is 11.4 Å². The van der Waals surface area contributed by atoms with Crippen molar-refractivity contribution in [1.82, 2.24) is 4.98 Å². The molecule has 0 aliphatic carbocycles. The molecule has 0 radical (unpaired) electrons. The molecule has 0 fully saturated rings. The highest BCUT2D eigenvalue weighted by atomic mass is 127. The fraction of sp³-hybridized carbons (Fsp3) is 0.167. The van der Waals surface area contributed by atoms with E-state index in [0.29, 0.717) is 14.5 Å². The summed E-state index contributed by atoms with van der Waals surface area (Å²) in [6.45, 7) is 1.85. The molecule has 0 saturated carbocycles. The fourth-order valence-electron chi connectivity index (χ4n) is 1.63. The maximum absolute atomic E-state index is 13.2. The van der Waals surface area contributed by atoms with Gasteiger partial charge in [-0.2, -0.15) is 0 Å². The van der Waals surface area contributed by atoms with Crippen LogP contribution in [0.25, 0.3) is 10.9 Å². The predicted octanol–water partition coefficient (Wildman–Crippen LogP) is 2.45. The molecule has 0 amide bonds. The van der Waals surface area contributed by atoms with Gasteiger partial charge in [-0.1, -0.05) is 0 Å². The van der Waals surface area contributed by atoms with E-state index in [1.165, 1.54) is 18.3 Å². The minimum Gasteiger partial charge on any atom is -0.462 e. The maximum Gasteiger partial charge on any atom is 0.343 e. The van der Waals surface area contributed by atoms with Crippen molar-refractivity contribution in [2.24, 2.45) is 0 Å². The molecular formula is C12H9FINO3. The van der Waals surface area contributed by atoms with Crippen molar-refractivity contribution < 1.29 is 13.9 Å². The highest BCUT2D eigenvalue weighted by molar-refractivity contribution is 14.1. The number of H-pyrrole nitrogens is 1.